The highest BCUT2D eigenvalue weighted by molar-refractivity contribution is 7.87. The molecule has 6 nitrogen and oxygen atoms in total. The molecule has 2 atom stereocenters. The summed E-state index contributed by atoms with van der Waals surface area (Å²) in [5.41, 5.74) is 9.01. The van der Waals surface area contributed by atoms with Crippen molar-refractivity contribution in [3.63, 3.8) is 0 Å². The van der Waals surface area contributed by atoms with E-state index in [2.05, 4.69) is 0 Å². The number of rotatable bonds is 9. The lowest BCUT2D eigenvalue weighted by atomic mass is 9.88. The maximum absolute atomic E-state index is 12.7. The molecule has 0 radical (unpaired) electrons. The summed E-state index contributed by atoms with van der Waals surface area (Å²) >= 11 is 0. The van der Waals surface area contributed by atoms with Gasteiger partial charge in [-0.05, 0) is 55.7 Å². The summed E-state index contributed by atoms with van der Waals surface area (Å²) in [6.45, 7) is 3.85. The molecule has 0 aliphatic heterocycles. The monoisotopic (exact) mass is 453 g/mol. The van der Waals surface area contributed by atoms with Crippen LogP contribution in [0.25, 0.3) is 0 Å². The van der Waals surface area contributed by atoms with Crippen molar-refractivity contribution in [2.45, 2.75) is 37.1 Å². The van der Waals surface area contributed by atoms with Gasteiger partial charge in [-0.3, -0.25) is 4.79 Å². The van der Waals surface area contributed by atoms with Crippen LogP contribution in [0.15, 0.2) is 83.8 Å². The van der Waals surface area contributed by atoms with E-state index in [1.54, 1.807) is 31.2 Å². The summed E-state index contributed by atoms with van der Waals surface area (Å²) in [4.78, 5) is 12.7. The van der Waals surface area contributed by atoms with Crippen LogP contribution in [0, 0.1) is 6.92 Å². The Labute approximate surface area is 189 Å². The van der Waals surface area contributed by atoms with Gasteiger partial charge in [0.1, 0.15) is 10.6 Å². The van der Waals surface area contributed by atoms with E-state index in [4.69, 9.17) is 14.7 Å². The average Bonchev–Trinajstić information content (AvgIpc) is 2.76. The number of carbonyl (C=O) groups is 1. The molecule has 0 heterocycles. The lowest BCUT2D eigenvalue weighted by Crippen LogP contribution is -2.36. The molecule has 0 bridgehead atoms. The quantitative estimate of drug-likeness (QED) is 0.389. The first-order valence-corrected chi connectivity index (χ1v) is 11.8. The van der Waals surface area contributed by atoms with Crippen LogP contribution in [0.4, 0.5) is 0 Å². The molecule has 0 fully saturated rings. The van der Waals surface area contributed by atoms with E-state index >= 15 is 0 Å². The number of esters is 1. The Balaban J connectivity index is 1.80. The van der Waals surface area contributed by atoms with E-state index in [1.807, 2.05) is 37.3 Å². The summed E-state index contributed by atoms with van der Waals surface area (Å²) in [7, 11) is -3.96. The van der Waals surface area contributed by atoms with Crippen molar-refractivity contribution in [1.82, 2.24) is 0 Å². The lowest BCUT2D eigenvalue weighted by Gasteiger charge is -2.23. The van der Waals surface area contributed by atoms with Crippen LogP contribution in [0.3, 0.4) is 0 Å². The van der Waals surface area contributed by atoms with Crippen LogP contribution < -0.4 is 9.92 Å². The molecule has 0 aliphatic carbocycles. The summed E-state index contributed by atoms with van der Waals surface area (Å²) in [6, 6.07) is 21.9. The van der Waals surface area contributed by atoms with Gasteiger partial charge in [0, 0.05) is 6.04 Å². The molecule has 3 rings (SSSR count). The van der Waals surface area contributed by atoms with Crippen molar-refractivity contribution in [1.29, 1.82) is 0 Å². The van der Waals surface area contributed by atoms with Crippen molar-refractivity contribution in [3.8, 4) is 5.75 Å². The molecular weight excluding hydrogens is 426 g/mol. The minimum Gasteiger partial charge on any atom is -0.465 e. The third-order valence-corrected chi connectivity index (χ3v) is 6.30. The molecule has 2 unspecified atom stereocenters. The molecule has 32 heavy (non-hydrogen) atoms. The Morgan fingerprint density at radius 1 is 0.938 bits per heavy atom. The van der Waals surface area contributed by atoms with Crippen LogP contribution in [0.1, 0.15) is 29.5 Å². The normalized spacial score (nSPS) is 13.2. The third kappa shape index (κ3) is 5.96. The Hall–Kier alpha value is -3.16. The fraction of sp³-hybridized carbons (Fsp3) is 0.240. The second-order valence-electron chi connectivity index (χ2n) is 7.50. The van der Waals surface area contributed by atoms with Crippen LogP contribution in [0.2, 0.25) is 0 Å². The lowest BCUT2D eigenvalue weighted by molar-refractivity contribution is -0.145. The van der Waals surface area contributed by atoms with Gasteiger partial charge in [-0.1, -0.05) is 60.2 Å². The van der Waals surface area contributed by atoms with Gasteiger partial charge in [0.05, 0.1) is 12.5 Å². The zero-order valence-electron chi connectivity index (χ0n) is 18.1. The number of aryl methyl sites for hydroxylation is 1. The second kappa shape index (κ2) is 10.4. The second-order valence-corrected chi connectivity index (χ2v) is 9.05. The predicted octanol–water partition coefficient (Wildman–Crippen LogP) is 3.98. The number of nitrogens with two attached hydrogens (primary N) is 1. The highest BCUT2D eigenvalue weighted by Gasteiger charge is 2.29. The summed E-state index contributed by atoms with van der Waals surface area (Å²) in [5, 5.41) is 0. The molecule has 0 amide bonds. The molecule has 0 aliphatic rings. The molecule has 3 aromatic carbocycles. The summed E-state index contributed by atoms with van der Waals surface area (Å²) in [6.07, 6.45) is 0.490. The highest BCUT2D eigenvalue weighted by atomic mass is 32.2. The van der Waals surface area contributed by atoms with Crippen LogP contribution in [0.5, 0.6) is 5.75 Å². The van der Waals surface area contributed by atoms with Gasteiger partial charge in [-0.15, -0.1) is 0 Å². The van der Waals surface area contributed by atoms with E-state index in [0.717, 1.165) is 11.1 Å². The summed E-state index contributed by atoms with van der Waals surface area (Å²) in [5.74, 6) is -0.969. The molecule has 0 spiro atoms. The van der Waals surface area contributed by atoms with Gasteiger partial charge < -0.3 is 14.7 Å². The Bertz CT molecular complexity index is 1130. The van der Waals surface area contributed by atoms with Gasteiger partial charge in [0.25, 0.3) is 0 Å². The predicted molar refractivity (Wildman–Crippen MR) is 123 cm³/mol. The Morgan fingerprint density at radius 2 is 1.56 bits per heavy atom. The van der Waals surface area contributed by atoms with E-state index in [-0.39, 0.29) is 17.3 Å². The minimum atomic E-state index is -3.96. The Kier molecular flexibility index (Phi) is 7.66. The fourth-order valence-electron chi connectivity index (χ4n) is 3.40. The molecule has 168 valence electrons. The van der Waals surface area contributed by atoms with Crippen molar-refractivity contribution < 1.29 is 22.1 Å². The number of benzene rings is 3. The fourth-order valence-corrected chi connectivity index (χ4v) is 4.33. The smallest absolute Gasteiger partial charge is 0.339 e. The summed E-state index contributed by atoms with van der Waals surface area (Å²) < 4.78 is 35.5. The van der Waals surface area contributed by atoms with Crippen LogP contribution >= 0.6 is 0 Å². The number of hydrogen-bond acceptors (Lipinski definition) is 6. The third-order valence-electron chi connectivity index (χ3n) is 5.04. The number of carbonyl (C=O) groups excluding carboxylic acids is 1. The Morgan fingerprint density at radius 3 is 2.16 bits per heavy atom. The van der Waals surface area contributed by atoms with E-state index in [0.29, 0.717) is 12.0 Å². The van der Waals surface area contributed by atoms with Gasteiger partial charge in [-0.2, -0.15) is 8.42 Å². The molecule has 0 saturated heterocycles. The largest absolute Gasteiger partial charge is 0.465 e. The maximum Gasteiger partial charge on any atom is 0.339 e. The molecule has 0 aromatic heterocycles. The van der Waals surface area contributed by atoms with Crippen LogP contribution in [-0.4, -0.2) is 27.0 Å². The van der Waals surface area contributed by atoms with Crippen LogP contribution in [-0.2, 0) is 26.1 Å². The zero-order valence-corrected chi connectivity index (χ0v) is 18.9. The number of ether oxygens (including phenoxy) is 1. The topological polar surface area (TPSA) is 95.7 Å². The standard InChI is InChI=1S/C25H27NO5S/c1-3-30-25(27)24(23(26)17-19-7-5-4-6-8-19)20-11-13-21(14-12-20)31-32(28,29)22-15-9-18(2)10-16-22/h4-16,23-24H,3,17,26H2,1-2H3. The zero-order chi connectivity index (χ0) is 23.1. The number of hydrogen-bond donors (Lipinski definition) is 1. The van der Waals surface area contributed by atoms with Gasteiger partial charge in [-0.25, -0.2) is 0 Å². The highest BCUT2D eigenvalue weighted by Crippen LogP contribution is 2.27. The SMILES string of the molecule is CCOC(=O)C(c1ccc(OS(=O)(=O)c2ccc(C)cc2)cc1)C(N)Cc1ccccc1. The average molecular weight is 454 g/mol. The maximum atomic E-state index is 12.7. The van der Waals surface area contributed by atoms with Crippen molar-refractivity contribution in [2.24, 2.45) is 5.73 Å². The van der Waals surface area contributed by atoms with Gasteiger partial charge in [0.15, 0.2) is 0 Å². The first-order valence-electron chi connectivity index (χ1n) is 10.4. The van der Waals surface area contributed by atoms with Crippen molar-refractivity contribution >= 4 is 16.1 Å². The molecular formula is C25H27NO5S. The molecule has 0 saturated carbocycles. The van der Waals surface area contributed by atoms with Crippen molar-refractivity contribution in [3.05, 3.63) is 95.6 Å². The first-order chi connectivity index (χ1) is 15.3. The van der Waals surface area contributed by atoms with Crippen molar-refractivity contribution in [2.75, 3.05) is 6.61 Å². The molecule has 7 heteroatoms. The van der Waals surface area contributed by atoms with E-state index in [1.165, 1.54) is 24.3 Å². The van der Waals surface area contributed by atoms with E-state index < -0.39 is 28.0 Å². The van der Waals surface area contributed by atoms with Gasteiger partial charge >= 0.3 is 16.1 Å². The molecule has 3 aromatic rings. The first kappa shape index (κ1) is 23.5. The molecule has 2 N–H and O–H groups in total. The minimum absolute atomic E-state index is 0.0708. The van der Waals surface area contributed by atoms with Gasteiger partial charge in [0.2, 0.25) is 0 Å². The van der Waals surface area contributed by atoms with E-state index in [9.17, 15) is 13.2 Å².